The molecule has 5 nitrogen and oxygen atoms in total. The molecule has 0 bridgehead atoms. The zero-order chi connectivity index (χ0) is 20.3. The van der Waals surface area contributed by atoms with Crippen LogP contribution in [-0.4, -0.2) is 40.3 Å². The number of carbonyl (C=O) groups is 2. The molecule has 0 aliphatic heterocycles. The van der Waals surface area contributed by atoms with Gasteiger partial charge in [-0.05, 0) is 86.9 Å². The van der Waals surface area contributed by atoms with Gasteiger partial charge in [0.2, 0.25) is 5.78 Å². The van der Waals surface area contributed by atoms with Crippen molar-refractivity contribution in [1.29, 1.82) is 0 Å². The first-order valence-electron chi connectivity index (χ1n) is 11.2. The fraction of sp³-hybridized carbons (Fsp3) is 0.913. The summed E-state index contributed by atoms with van der Waals surface area (Å²) in [5.41, 5.74) is -1.52. The number of esters is 1. The smallest absolute Gasteiger partial charge is 0.303 e. The van der Waals surface area contributed by atoms with Crippen LogP contribution in [0.1, 0.15) is 78.6 Å². The molecule has 4 rings (SSSR count). The number of hydrogen-bond donors (Lipinski definition) is 2. The Morgan fingerprint density at radius 2 is 1.71 bits per heavy atom. The van der Waals surface area contributed by atoms with E-state index < -0.39 is 17.0 Å². The summed E-state index contributed by atoms with van der Waals surface area (Å²) in [5, 5.41) is 21.6. The molecule has 2 N–H and O–H groups in total. The molecule has 0 saturated heterocycles. The number of Topliss-reactive ketones (excluding diaryl/α,β-unsaturated/α-hetero) is 1. The van der Waals surface area contributed by atoms with Crippen molar-refractivity contribution in [2.45, 2.75) is 90.3 Å². The Morgan fingerprint density at radius 3 is 2.43 bits per heavy atom. The van der Waals surface area contributed by atoms with Gasteiger partial charge in [-0.3, -0.25) is 9.59 Å². The van der Waals surface area contributed by atoms with Crippen LogP contribution in [0.2, 0.25) is 0 Å². The highest BCUT2D eigenvalue weighted by Crippen LogP contribution is 2.68. The minimum absolute atomic E-state index is 0.140. The maximum atomic E-state index is 12.9. The number of ketones is 1. The maximum Gasteiger partial charge on any atom is 0.303 e. The SMILES string of the molecule is CC(=O)OCC(=O)C1(O)CCC2C3CCC4CC(O)CCC4(C)C3CCC21C. The van der Waals surface area contributed by atoms with Crippen molar-refractivity contribution in [2.75, 3.05) is 6.61 Å². The summed E-state index contributed by atoms with van der Waals surface area (Å²) in [6.45, 7) is 5.52. The van der Waals surface area contributed by atoms with Gasteiger partial charge in [-0.2, -0.15) is 0 Å². The van der Waals surface area contributed by atoms with Crippen LogP contribution in [-0.2, 0) is 14.3 Å². The topological polar surface area (TPSA) is 83.8 Å². The van der Waals surface area contributed by atoms with E-state index in [9.17, 15) is 19.8 Å². The molecule has 158 valence electrons. The Labute approximate surface area is 168 Å². The minimum atomic E-state index is -1.38. The van der Waals surface area contributed by atoms with E-state index >= 15 is 0 Å². The highest BCUT2D eigenvalue weighted by molar-refractivity contribution is 5.90. The molecule has 4 aliphatic carbocycles. The Morgan fingerprint density at radius 1 is 1.00 bits per heavy atom. The van der Waals surface area contributed by atoms with Gasteiger partial charge in [0.25, 0.3) is 0 Å². The van der Waals surface area contributed by atoms with Gasteiger partial charge in [0.05, 0.1) is 6.10 Å². The molecule has 4 aliphatic rings. The van der Waals surface area contributed by atoms with Gasteiger partial charge in [-0.25, -0.2) is 0 Å². The normalized spacial score (nSPS) is 50.2. The predicted octanol–water partition coefficient (Wildman–Crippen LogP) is 3.25. The lowest BCUT2D eigenvalue weighted by Gasteiger charge is -2.61. The molecule has 0 aromatic rings. The quantitative estimate of drug-likeness (QED) is 0.720. The highest BCUT2D eigenvalue weighted by Gasteiger charge is 2.66. The Hall–Kier alpha value is -0.940. The Kier molecular flexibility index (Phi) is 4.94. The van der Waals surface area contributed by atoms with Gasteiger partial charge in [0, 0.05) is 12.3 Å². The lowest BCUT2D eigenvalue weighted by atomic mass is 9.44. The minimum Gasteiger partial charge on any atom is -0.458 e. The molecule has 0 aromatic carbocycles. The third-order valence-electron chi connectivity index (χ3n) is 9.66. The summed E-state index contributed by atoms with van der Waals surface area (Å²) in [5.74, 6) is 1.32. The van der Waals surface area contributed by atoms with E-state index in [2.05, 4.69) is 13.8 Å². The number of fused-ring (bicyclic) bond motifs is 5. The van der Waals surface area contributed by atoms with Crippen molar-refractivity contribution in [2.24, 2.45) is 34.5 Å². The Bertz CT molecular complexity index is 661. The molecule has 28 heavy (non-hydrogen) atoms. The van der Waals surface area contributed by atoms with Gasteiger partial charge in [0.15, 0.2) is 6.61 Å². The summed E-state index contributed by atoms with van der Waals surface area (Å²) in [6.07, 6.45) is 8.36. The fourth-order valence-corrected chi connectivity index (χ4v) is 8.00. The molecule has 0 amide bonds. The van der Waals surface area contributed by atoms with Crippen LogP contribution in [0.15, 0.2) is 0 Å². The highest BCUT2D eigenvalue weighted by atomic mass is 16.5. The van der Waals surface area contributed by atoms with Crippen molar-refractivity contribution in [3.8, 4) is 0 Å². The summed E-state index contributed by atoms with van der Waals surface area (Å²) in [4.78, 5) is 24.0. The summed E-state index contributed by atoms with van der Waals surface area (Å²) in [6, 6.07) is 0. The average molecular weight is 393 g/mol. The van der Waals surface area contributed by atoms with Gasteiger partial charge in [-0.15, -0.1) is 0 Å². The van der Waals surface area contributed by atoms with Crippen molar-refractivity contribution in [3.63, 3.8) is 0 Å². The van der Waals surface area contributed by atoms with E-state index in [4.69, 9.17) is 4.74 Å². The number of carbonyl (C=O) groups excluding carboxylic acids is 2. The lowest BCUT2D eigenvalue weighted by Crippen LogP contribution is -2.59. The summed E-state index contributed by atoms with van der Waals surface area (Å²) < 4.78 is 4.94. The average Bonchev–Trinajstić information content (AvgIpc) is 2.92. The van der Waals surface area contributed by atoms with Crippen molar-refractivity contribution < 1.29 is 24.5 Å². The monoisotopic (exact) mass is 392 g/mol. The first-order chi connectivity index (χ1) is 13.1. The second-order valence-electron chi connectivity index (χ2n) is 10.6. The van der Waals surface area contributed by atoms with Crippen LogP contribution >= 0.6 is 0 Å². The van der Waals surface area contributed by atoms with Crippen LogP contribution in [0.3, 0.4) is 0 Å². The standard InChI is InChI=1S/C23H36O5/c1-14(24)28-13-20(26)23(27)11-8-19-17-5-4-15-12-16(25)6-9-21(15,2)18(17)7-10-22(19,23)3/h15-19,25,27H,4-13H2,1-3H3. The number of aliphatic hydroxyl groups is 2. The van der Waals surface area contributed by atoms with Crippen molar-refractivity contribution >= 4 is 11.8 Å². The maximum absolute atomic E-state index is 12.9. The molecule has 8 unspecified atom stereocenters. The fourth-order valence-electron chi connectivity index (χ4n) is 8.00. The van der Waals surface area contributed by atoms with Gasteiger partial charge in [0.1, 0.15) is 5.60 Å². The third kappa shape index (κ3) is 2.79. The van der Waals surface area contributed by atoms with Crippen LogP contribution < -0.4 is 0 Å². The largest absolute Gasteiger partial charge is 0.458 e. The molecule has 0 radical (unpaired) electrons. The van der Waals surface area contributed by atoms with Crippen LogP contribution in [0.5, 0.6) is 0 Å². The summed E-state index contributed by atoms with van der Waals surface area (Å²) in [7, 11) is 0. The van der Waals surface area contributed by atoms with Crippen LogP contribution in [0.25, 0.3) is 0 Å². The third-order valence-corrected chi connectivity index (χ3v) is 9.66. The molecule has 0 aromatic heterocycles. The molecule has 4 saturated carbocycles. The second kappa shape index (κ2) is 6.80. The first kappa shape index (κ1) is 20.3. The zero-order valence-electron chi connectivity index (χ0n) is 17.6. The molecular formula is C23H36O5. The van der Waals surface area contributed by atoms with Crippen LogP contribution in [0, 0.1) is 34.5 Å². The molecule has 0 heterocycles. The molecular weight excluding hydrogens is 356 g/mol. The second-order valence-corrected chi connectivity index (χ2v) is 10.6. The first-order valence-corrected chi connectivity index (χ1v) is 11.2. The van der Waals surface area contributed by atoms with E-state index in [1.807, 2.05) is 0 Å². The van der Waals surface area contributed by atoms with E-state index in [1.165, 1.54) is 6.92 Å². The van der Waals surface area contributed by atoms with Crippen molar-refractivity contribution in [3.05, 3.63) is 0 Å². The Balaban J connectivity index is 1.57. The van der Waals surface area contributed by atoms with Crippen LogP contribution in [0.4, 0.5) is 0 Å². The molecule has 8 atom stereocenters. The molecule has 5 heteroatoms. The van der Waals surface area contributed by atoms with Gasteiger partial charge >= 0.3 is 5.97 Å². The predicted molar refractivity (Wildman–Crippen MR) is 104 cm³/mol. The summed E-state index contributed by atoms with van der Waals surface area (Å²) >= 11 is 0. The molecule has 4 fully saturated rings. The van der Waals surface area contributed by atoms with Gasteiger partial charge < -0.3 is 14.9 Å². The van der Waals surface area contributed by atoms with E-state index in [0.717, 1.165) is 51.4 Å². The van der Waals surface area contributed by atoms with Gasteiger partial charge in [-0.1, -0.05) is 13.8 Å². The van der Waals surface area contributed by atoms with E-state index in [1.54, 1.807) is 0 Å². The lowest BCUT2D eigenvalue weighted by molar-refractivity contribution is -0.176. The number of aliphatic hydroxyl groups excluding tert-OH is 1. The number of hydrogen-bond acceptors (Lipinski definition) is 5. The molecule has 0 spiro atoms. The van der Waals surface area contributed by atoms with Crippen molar-refractivity contribution in [1.82, 2.24) is 0 Å². The number of ether oxygens (including phenoxy) is 1. The zero-order valence-corrected chi connectivity index (χ0v) is 17.6. The number of rotatable bonds is 3. The van der Waals surface area contributed by atoms with E-state index in [-0.39, 0.29) is 23.9 Å². The van der Waals surface area contributed by atoms with E-state index in [0.29, 0.717) is 30.1 Å².